The van der Waals surface area contributed by atoms with Gasteiger partial charge in [-0.05, 0) is 61.0 Å². The molecule has 0 atom stereocenters. The summed E-state index contributed by atoms with van der Waals surface area (Å²) in [6.07, 6.45) is 10.7. The molecule has 4 aromatic heterocycles. The van der Waals surface area contributed by atoms with Crippen LogP contribution in [0.5, 0.6) is 0 Å². The van der Waals surface area contributed by atoms with Gasteiger partial charge in [0.15, 0.2) is 0 Å². The van der Waals surface area contributed by atoms with Gasteiger partial charge < -0.3 is 0 Å². The van der Waals surface area contributed by atoms with E-state index in [1.54, 1.807) is 24.8 Å². The zero-order valence-corrected chi connectivity index (χ0v) is 13.9. The normalized spacial score (nSPS) is 9.80. The quantitative estimate of drug-likeness (QED) is 0.540. The zero-order valence-electron chi connectivity index (χ0n) is 13.9. The molecule has 0 fully saturated rings. The van der Waals surface area contributed by atoms with Crippen molar-refractivity contribution in [2.75, 3.05) is 0 Å². The predicted molar refractivity (Wildman–Crippen MR) is 99.7 cm³/mol. The molecule has 0 bridgehead atoms. The highest BCUT2D eigenvalue weighted by Crippen LogP contribution is 2.23. The third kappa shape index (κ3) is 4.78. The van der Waals surface area contributed by atoms with E-state index in [1.807, 2.05) is 54.9 Å². The molecule has 0 amide bonds. The lowest BCUT2D eigenvalue weighted by Crippen LogP contribution is -1.91. The zero-order chi connectivity index (χ0) is 17.3. The average Bonchev–Trinajstić information content (AvgIpc) is 2.71. The molecular formula is C21H18N4. The molecule has 0 aliphatic heterocycles. The van der Waals surface area contributed by atoms with Gasteiger partial charge in [0.1, 0.15) is 0 Å². The highest BCUT2D eigenvalue weighted by Gasteiger charge is 2.05. The van der Waals surface area contributed by atoms with Gasteiger partial charge in [0.05, 0.1) is 11.4 Å². The standard InChI is InChI=1S/C16H13N3.C5H5N/c1-12-8-15(13-4-2-6-17-10-13)19-16(9-12)14-5-3-7-18-11-14;1-2-4-6-5-3-1/h2-11H,1H3;1-5H. The number of rotatable bonds is 2. The van der Waals surface area contributed by atoms with Crippen molar-refractivity contribution in [3.8, 4) is 22.5 Å². The van der Waals surface area contributed by atoms with Crippen molar-refractivity contribution in [1.29, 1.82) is 0 Å². The summed E-state index contributed by atoms with van der Waals surface area (Å²) in [6, 6.07) is 17.7. The number of hydrogen-bond acceptors (Lipinski definition) is 4. The molecule has 0 saturated carbocycles. The van der Waals surface area contributed by atoms with Crippen molar-refractivity contribution < 1.29 is 0 Å². The molecule has 0 unspecified atom stereocenters. The van der Waals surface area contributed by atoms with E-state index in [0.717, 1.165) is 22.5 Å². The summed E-state index contributed by atoms with van der Waals surface area (Å²) in [4.78, 5) is 16.8. The van der Waals surface area contributed by atoms with E-state index in [-0.39, 0.29) is 0 Å². The van der Waals surface area contributed by atoms with Crippen LogP contribution in [0.15, 0.2) is 91.8 Å². The highest BCUT2D eigenvalue weighted by molar-refractivity contribution is 5.66. The van der Waals surface area contributed by atoms with Crippen LogP contribution in [-0.4, -0.2) is 19.9 Å². The van der Waals surface area contributed by atoms with E-state index in [1.165, 1.54) is 5.56 Å². The van der Waals surface area contributed by atoms with Gasteiger partial charge in [-0.3, -0.25) is 15.0 Å². The molecule has 0 saturated heterocycles. The smallest absolute Gasteiger partial charge is 0.0727 e. The first kappa shape index (κ1) is 16.5. The SMILES string of the molecule is Cc1cc(-c2cccnc2)nc(-c2cccnc2)c1.c1ccncc1. The molecule has 0 radical (unpaired) electrons. The number of hydrogen-bond donors (Lipinski definition) is 0. The maximum absolute atomic E-state index is 4.69. The van der Waals surface area contributed by atoms with Crippen molar-refractivity contribution in [3.05, 3.63) is 97.3 Å². The highest BCUT2D eigenvalue weighted by atomic mass is 14.7. The summed E-state index contributed by atoms with van der Waals surface area (Å²) in [6.45, 7) is 2.07. The van der Waals surface area contributed by atoms with Crippen LogP contribution < -0.4 is 0 Å². The van der Waals surface area contributed by atoms with Crippen LogP contribution >= 0.6 is 0 Å². The molecule has 4 rings (SSSR count). The van der Waals surface area contributed by atoms with Crippen LogP contribution in [0.4, 0.5) is 0 Å². The molecule has 0 aromatic carbocycles. The maximum atomic E-state index is 4.69. The summed E-state index contributed by atoms with van der Waals surface area (Å²) in [5, 5.41) is 0. The second-order valence-corrected chi connectivity index (χ2v) is 5.42. The Morgan fingerprint density at radius 1 is 0.600 bits per heavy atom. The van der Waals surface area contributed by atoms with Gasteiger partial charge in [0.25, 0.3) is 0 Å². The lowest BCUT2D eigenvalue weighted by Gasteiger charge is -2.06. The third-order valence-electron chi connectivity index (χ3n) is 3.45. The third-order valence-corrected chi connectivity index (χ3v) is 3.45. The van der Waals surface area contributed by atoms with Crippen molar-refractivity contribution in [2.24, 2.45) is 0 Å². The Bertz CT molecular complexity index is 810. The summed E-state index contributed by atoms with van der Waals surface area (Å²) in [7, 11) is 0. The Hall–Kier alpha value is -3.40. The Balaban J connectivity index is 0.000000258. The lowest BCUT2D eigenvalue weighted by molar-refractivity contribution is 1.24. The molecule has 0 N–H and O–H groups in total. The summed E-state index contributed by atoms with van der Waals surface area (Å²) in [5.41, 5.74) is 5.10. The molecule has 0 aliphatic rings. The molecule has 25 heavy (non-hydrogen) atoms. The van der Waals surface area contributed by atoms with Crippen LogP contribution in [0.25, 0.3) is 22.5 Å². The minimum absolute atomic E-state index is 0.937. The minimum Gasteiger partial charge on any atom is -0.265 e. The van der Waals surface area contributed by atoms with Gasteiger partial charge in [0.2, 0.25) is 0 Å². The number of aromatic nitrogens is 4. The Labute approximate surface area is 147 Å². The molecule has 0 spiro atoms. The van der Waals surface area contributed by atoms with E-state index in [2.05, 4.69) is 34.0 Å². The van der Waals surface area contributed by atoms with Crippen LogP contribution in [0.3, 0.4) is 0 Å². The first-order valence-electron chi connectivity index (χ1n) is 7.97. The van der Waals surface area contributed by atoms with Crippen LogP contribution in [-0.2, 0) is 0 Å². The van der Waals surface area contributed by atoms with Gasteiger partial charge in [0, 0.05) is 48.3 Å². The first-order valence-corrected chi connectivity index (χ1v) is 7.97. The first-order chi connectivity index (χ1) is 12.3. The number of aryl methyl sites for hydroxylation is 1. The molecule has 0 aliphatic carbocycles. The second-order valence-electron chi connectivity index (χ2n) is 5.42. The Morgan fingerprint density at radius 2 is 1.12 bits per heavy atom. The van der Waals surface area contributed by atoms with E-state index < -0.39 is 0 Å². The van der Waals surface area contributed by atoms with Gasteiger partial charge >= 0.3 is 0 Å². The molecule has 122 valence electrons. The van der Waals surface area contributed by atoms with Gasteiger partial charge in [-0.1, -0.05) is 6.07 Å². The van der Waals surface area contributed by atoms with Gasteiger partial charge in [-0.25, -0.2) is 4.98 Å². The van der Waals surface area contributed by atoms with E-state index in [9.17, 15) is 0 Å². The fraction of sp³-hybridized carbons (Fsp3) is 0.0476. The fourth-order valence-electron chi connectivity index (χ4n) is 2.30. The Kier molecular flexibility index (Phi) is 5.56. The number of pyridine rings is 4. The van der Waals surface area contributed by atoms with Gasteiger partial charge in [-0.2, -0.15) is 0 Å². The van der Waals surface area contributed by atoms with E-state index >= 15 is 0 Å². The second kappa shape index (κ2) is 8.45. The molecule has 4 heteroatoms. The minimum atomic E-state index is 0.937. The van der Waals surface area contributed by atoms with Crippen molar-refractivity contribution in [3.63, 3.8) is 0 Å². The topological polar surface area (TPSA) is 51.6 Å². The number of nitrogens with zero attached hydrogens (tertiary/aromatic N) is 4. The average molecular weight is 326 g/mol. The van der Waals surface area contributed by atoms with Crippen LogP contribution in [0.2, 0.25) is 0 Å². The van der Waals surface area contributed by atoms with Crippen molar-refractivity contribution in [1.82, 2.24) is 19.9 Å². The lowest BCUT2D eigenvalue weighted by atomic mass is 10.1. The fourth-order valence-corrected chi connectivity index (χ4v) is 2.30. The molecule has 4 nitrogen and oxygen atoms in total. The summed E-state index contributed by atoms with van der Waals surface area (Å²) >= 11 is 0. The summed E-state index contributed by atoms with van der Waals surface area (Å²) in [5.74, 6) is 0. The van der Waals surface area contributed by atoms with Crippen molar-refractivity contribution >= 4 is 0 Å². The monoisotopic (exact) mass is 326 g/mol. The van der Waals surface area contributed by atoms with Crippen LogP contribution in [0.1, 0.15) is 5.56 Å². The van der Waals surface area contributed by atoms with Crippen molar-refractivity contribution in [2.45, 2.75) is 6.92 Å². The maximum Gasteiger partial charge on any atom is 0.0727 e. The Morgan fingerprint density at radius 3 is 1.48 bits per heavy atom. The molecule has 4 heterocycles. The molecular weight excluding hydrogens is 308 g/mol. The van der Waals surface area contributed by atoms with Crippen LogP contribution in [0, 0.1) is 6.92 Å². The largest absolute Gasteiger partial charge is 0.265 e. The predicted octanol–water partition coefficient (Wildman–Crippen LogP) is 4.60. The summed E-state index contributed by atoms with van der Waals surface area (Å²) < 4.78 is 0. The van der Waals surface area contributed by atoms with E-state index in [4.69, 9.17) is 4.98 Å². The van der Waals surface area contributed by atoms with E-state index in [0.29, 0.717) is 0 Å². The van der Waals surface area contributed by atoms with Gasteiger partial charge in [-0.15, -0.1) is 0 Å². The molecule has 4 aromatic rings.